The first-order valence-electron chi connectivity index (χ1n) is 7.08. The number of hydrogen-bond donors (Lipinski definition) is 2. The van der Waals surface area contributed by atoms with Gasteiger partial charge in [-0.05, 0) is 12.5 Å². The van der Waals surface area contributed by atoms with E-state index in [1.807, 2.05) is 30.3 Å². The highest BCUT2D eigenvalue weighted by Gasteiger charge is 2.24. The standard InChI is InChI=1S/C15H24N2O3S/c1-4-21(19,20)10-11(2)17-15(18)12(3)14(16)13-8-6-5-7-9-13/h5-9,11-12,14H,4,10,16H2,1-3H3,(H,17,18). The highest BCUT2D eigenvalue weighted by Crippen LogP contribution is 2.19. The molecule has 118 valence electrons. The van der Waals surface area contributed by atoms with E-state index in [-0.39, 0.29) is 17.4 Å². The molecule has 5 nitrogen and oxygen atoms in total. The van der Waals surface area contributed by atoms with Crippen LogP contribution in [0, 0.1) is 5.92 Å². The van der Waals surface area contributed by atoms with Crippen molar-refractivity contribution in [3.8, 4) is 0 Å². The monoisotopic (exact) mass is 312 g/mol. The molecule has 1 rings (SSSR count). The third-order valence-electron chi connectivity index (χ3n) is 3.47. The molecule has 1 amide bonds. The van der Waals surface area contributed by atoms with Crippen molar-refractivity contribution in [1.82, 2.24) is 5.32 Å². The fraction of sp³-hybridized carbons (Fsp3) is 0.533. The Labute approximate surface area is 126 Å². The largest absolute Gasteiger partial charge is 0.352 e. The highest BCUT2D eigenvalue weighted by atomic mass is 32.2. The number of carbonyl (C=O) groups excluding carboxylic acids is 1. The van der Waals surface area contributed by atoms with Gasteiger partial charge in [-0.1, -0.05) is 44.2 Å². The van der Waals surface area contributed by atoms with Gasteiger partial charge in [0.25, 0.3) is 0 Å². The molecule has 0 heterocycles. The number of benzene rings is 1. The van der Waals surface area contributed by atoms with Crippen LogP contribution in [0.25, 0.3) is 0 Å². The van der Waals surface area contributed by atoms with E-state index in [0.29, 0.717) is 0 Å². The van der Waals surface area contributed by atoms with E-state index in [2.05, 4.69) is 5.32 Å². The van der Waals surface area contributed by atoms with Gasteiger partial charge in [0, 0.05) is 17.8 Å². The fourth-order valence-electron chi connectivity index (χ4n) is 2.04. The van der Waals surface area contributed by atoms with Crippen LogP contribution < -0.4 is 11.1 Å². The van der Waals surface area contributed by atoms with Crippen molar-refractivity contribution < 1.29 is 13.2 Å². The number of sulfone groups is 1. The zero-order chi connectivity index (χ0) is 16.0. The number of rotatable bonds is 7. The molecule has 3 atom stereocenters. The van der Waals surface area contributed by atoms with Crippen molar-refractivity contribution in [3.05, 3.63) is 35.9 Å². The lowest BCUT2D eigenvalue weighted by Gasteiger charge is -2.22. The first-order chi connectivity index (χ1) is 9.76. The minimum Gasteiger partial charge on any atom is -0.352 e. The Hall–Kier alpha value is -1.40. The number of nitrogens with one attached hydrogen (secondary N) is 1. The summed E-state index contributed by atoms with van der Waals surface area (Å²) in [6.07, 6.45) is 0. The lowest BCUT2D eigenvalue weighted by atomic mass is 9.94. The average molecular weight is 312 g/mol. The van der Waals surface area contributed by atoms with Gasteiger partial charge in [0.05, 0.1) is 11.7 Å². The molecule has 0 bridgehead atoms. The molecule has 0 aliphatic rings. The van der Waals surface area contributed by atoms with E-state index in [1.165, 1.54) is 0 Å². The van der Waals surface area contributed by atoms with Gasteiger partial charge in [-0.2, -0.15) is 0 Å². The van der Waals surface area contributed by atoms with E-state index >= 15 is 0 Å². The second-order valence-electron chi connectivity index (χ2n) is 5.33. The Morgan fingerprint density at radius 1 is 1.24 bits per heavy atom. The molecule has 0 radical (unpaired) electrons. The average Bonchev–Trinajstić information content (AvgIpc) is 2.45. The lowest BCUT2D eigenvalue weighted by molar-refractivity contribution is -0.125. The zero-order valence-corrected chi connectivity index (χ0v) is 13.6. The molecule has 0 aliphatic heterocycles. The fourth-order valence-corrected chi connectivity index (χ4v) is 3.12. The molecule has 0 aliphatic carbocycles. The van der Waals surface area contributed by atoms with Gasteiger partial charge in [-0.3, -0.25) is 4.79 Å². The summed E-state index contributed by atoms with van der Waals surface area (Å²) in [5.41, 5.74) is 6.97. The minimum absolute atomic E-state index is 0.0530. The van der Waals surface area contributed by atoms with Crippen LogP contribution in [-0.4, -0.2) is 31.9 Å². The molecule has 0 saturated heterocycles. The second kappa shape index (κ2) is 7.56. The number of carbonyl (C=O) groups is 1. The summed E-state index contributed by atoms with van der Waals surface area (Å²) >= 11 is 0. The third-order valence-corrected chi connectivity index (χ3v) is 5.36. The van der Waals surface area contributed by atoms with Crippen molar-refractivity contribution in [2.45, 2.75) is 32.9 Å². The summed E-state index contributed by atoms with van der Waals surface area (Å²) < 4.78 is 23.1. The number of nitrogens with two attached hydrogens (primary N) is 1. The molecular weight excluding hydrogens is 288 g/mol. The molecular formula is C15H24N2O3S. The van der Waals surface area contributed by atoms with Crippen LogP contribution >= 0.6 is 0 Å². The zero-order valence-electron chi connectivity index (χ0n) is 12.7. The maximum absolute atomic E-state index is 12.2. The van der Waals surface area contributed by atoms with E-state index in [9.17, 15) is 13.2 Å². The van der Waals surface area contributed by atoms with Crippen LogP contribution in [0.1, 0.15) is 32.4 Å². The molecule has 1 aromatic carbocycles. The predicted molar refractivity (Wildman–Crippen MR) is 84.5 cm³/mol. The summed E-state index contributed by atoms with van der Waals surface area (Å²) in [5, 5.41) is 2.72. The minimum atomic E-state index is -3.11. The van der Waals surface area contributed by atoms with E-state index < -0.39 is 27.8 Å². The summed E-state index contributed by atoms with van der Waals surface area (Å²) in [6, 6.07) is 8.54. The maximum Gasteiger partial charge on any atom is 0.224 e. The van der Waals surface area contributed by atoms with Crippen molar-refractivity contribution >= 4 is 15.7 Å². The molecule has 1 aromatic rings. The van der Waals surface area contributed by atoms with Gasteiger partial charge < -0.3 is 11.1 Å². The first kappa shape index (κ1) is 17.7. The molecule has 0 spiro atoms. The number of amides is 1. The van der Waals surface area contributed by atoms with E-state index in [0.717, 1.165) is 5.56 Å². The lowest BCUT2D eigenvalue weighted by Crippen LogP contribution is -2.43. The molecule has 3 unspecified atom stereocenters. The predicted octanol–water partition coefficient (Wildman–Crippen LogP) is 1.26. The van der Waals surface area contributed by atoms with Gasteiger partial charge >= 0.3 is 0 Å². The quantitative estimate of drug-likeness (QED) is 0.793. The smallest absolute Gasteiger partial charge is 0.224 e. The van der Waals surface area contributed by atoms with Gasteiger partial charge in [0.15, 0.2) is 9.84 Å². The summed E-state index contributed by atoms with van der Waals surface area (Å²) in [7, 11) is -3.11. The molecule has 0 saturated carbocycles. The van der Waals surface area contributed by atoms with Crippen LogP contribution in [0.5, 0.6) is 0 Å². The summed E-state index contributed by atoms with van der Waals surface area (Å²) in [4.78, 5) is 12.2. The van der Waals surface area contributed by atoms with Crippen LogP contribution in [0.15, 0.2) is 30.3 Å². The normalized spacial score (nSPS) is 16.0. The molecule has 3 N–H and O–H groups in total. The topological polar surface area (TPSA) is 89.3 Å². The molecule has 6 heteroatoms. The molecule has 0 aromatic heterocycles. The molecule has 0 fully saturated rings. The van der Waals surface area contributed by atoms with E-state index in [1.54, 1.807) is 20.8 Å². The van der Waals surface area contributed by atoms with Gasteiger partial charge in [0.1, 0.15) is 0 Å². The third kappa shape index (κ3) is 5.47. The summed E-state index contributed by atoms with van der Waals surface area (Å²) in [6.45, 7) is 5.03. The van der Waals surface area contributed by atoms with Crippen LogP contribution in [0.4, 0.5) is 0 Å². The first-order valence-corrected chi connectivity index (χ1v) is 8.90. The Kier molecular flexibility index (Phi) is 6.36. The van der Waals surface area contributed by atoms with Crippen LogP contribution in [0.3, 0.4) is 0 Å². The Morgan fingerprint density at radius 2 is 1.81 bits per heavy atom. The van der Waals surface area contributed by atoms with E-state index in [4.69, 9.17) is 5.73 Å². The van der Waals surface area contributed by atoms with Crippen molar-refractivity contribution in [2.75, 3.05) is 11.5 Å². The number of hydrogen-bond acceptors (Lipinski definition) is 4. The molecule has 21 heavy (non-hydrogen) atoms. The summed E-state index contributed by atoms with van der Waals surface area (Å²) in [5.74, 6) is -0.640. The maximum atomic E-state index is 12.2. The van der Waals surface area contributed by atoms with Gasteiger partial charge in [0.2, 0.25) is 5.91 Å². The van der Waals surface area contributed by atoms with Crippen molar-refractivity contribution in [3.63, 3.8) is 0 Å². The van der Waals surface area contributed by atoms with Gasteiger partial charge in [-0.25, -0.2) is 8.42 Å². The van der Waals surface area contributed by atoms with Crippen LogP contribution in [0.2, 0.25) is 0 Å². The Bertz CT molecular complexity index is 558. The van der Waals surface area contributed by atoms with Gasteiger partial charge in [-0.15, -0.1) is 0 Å². The highest BCUT2D eigenvalue weighted by molar-refractivity contribution is 7.91. The van der Waals surface area contributed by atoms with Crippen molar-refractivity contribution in [2.24, 2.45) is 11.7 Å². The SMILES string of the molecule is CCS(=O)(=O)CC(C)NC(=O)C(C)C(N)c1ccccc1. The Balaban J connectivity index is 2.63. The Morgan fingerprint density at radius 3 is 2.33 bits per heavy atom. The van der Waals surface area contributed by atoms with Crippen molar-refractivity contribution in [1.29, 1.82) is 0 Å². The van der Waals surface area contributed by atoms with Crippen LogP contribution in [-0.2, 0) is 14.6 Å². The second-order valence-corrected chi connectivity index (χ2v) is 7.73.